The van der Waals surface area contributed by atoms with E-state index in [0.29, 0.717) is 6.61 Å². The number of hydrogen-bond acceptors (Lipinski definition) is 4. The molecule has 0 saturated carbocycles. The predicted octanol–water partition coefficient (Wildman–Crippen LogP) is 2.98. The van der Waals surface area contributed by atoms with Gasteiger partial charge < -0.3 is 10.1 Å². The van der Waals surface area contributed by atoms with Gasteiger partial charge in [0.05, 0.1) is 6.61 Å². The van der Waals surface area contributed by atoms with Gasteiger partial charge in [0.25, 0.3) is 0 Å². The summed E-state index contributed by atoms with van der Waals surface area (Å²) in [5.74, 6) is -0.0801. The highest BCUT2D eigenvalue weighted by Crippen LogP contribution is 2.29. The van der Waals surface area contributed by atoms with Gasteiger partial charge in [-0.3, -0.25) is 4.79 Å². The predicted molar refractivity (Wildman–Crippen MR) is 78.3 cm³/mol. The molecule has 1 saturated heterocycles. The Labute approximate surface area is 119 Å². The Bertz CT molecular complexity index is 436. The molecule has 1 unspecified atom stereocenters. The molecule has 0 aromatic heterocycles. The van der Waals surface area contributed by atoms with E-state index in [2.05, 4.69) is 50.4 Å². The fraction of sp³-hybridized carbons (Fsp3) is 0.533. The van der Waals surface area contributed by atoms with Crippen molar-refractivity contribution in [3.63, 3.8) is 0 Å². The van der Waals surface area contributed by atoms with Crippen LogP contribution in [0, 0.1) is 0 Å². The molecule has 1 atom stereocenters. The normalized spacial score (nSPS) is 19.5. The van der Waals surface area contributed by atoms with E-state index in [9.17, 15) is 4.79 Å². The van der Waals surface area contributed by atoms with E-state index in [1.54, 1.807) is 11.8 Å². The number of thioether (sulfide) groups is 1. The summed E-state index contributed by atoms with van der Waals surface area (Å²) in [5, 5.41) is 3.43. The Kier molecular flexibility index (Phi) is 4.53. The maximum Gasteiger partial charge on any atom is 0.319 e. The Morgan fingerprint density at radius 2 is 2.00 bits per heavy atom. The van der Waals surface area contributed by atoms with Crippen LogP contribution in [0.3, 0.4) is 0 Å². The first kappa shape index (κ1) is 14.4. The van der Waals surface area contributed by atoms with Crippen molar-refractivity contribution in [3.8, 4) is 0 Å². The Balaban J connectivity index is 1.89. The van der Waals surface area contributed by atoms with Gasteiger partial charge in [-0.1, -0.05) is 12.1 Å². The first-order valence-corrected chi connectivity index (χ1v) is 7.49. The van der Waals surface area contributed by atoms with E-state index in [1.807, 2.05) is 0 Å². The monoisotopic (exact) mass is 279 g/mol. The molecule has 0 bridgehead atoms. The van der Waals surface area contributed by atoms with Crippen LogP contribution < -0.4 is 5.32 Å². The van der Waals surface area contributed by atoms with Crippen molar-refractivity contribution in [1.82, 2.24) is 5.32 Å². The van der Waals surface area contributed by atoms with Crippen LogP contribution in [-0.4, -0.2) is 23.4 Å². The average molecular weight is 279 g/mol. The van der Waals surface area contributed by atoms with E-state index in [4.69, 9.17) is 4.74 Å². The maximum atomic E-state index is 11.4. The summed E-state index contributed by atoms with van der Waals surface area (Å²) < 4.78 is 4.97. The highest BCUT2D eigenvalue weighted by atomic mass is 32.2. The minimum atomic E-state index is -0.0801. The molecule has 104 valence electrons. The molecule has 1 fully saturated rings. The van der Waals surface area contributed by atoms with E-state index in [1.165, 1.54) is 5.56 Å². The van der Waals surface area contributed by atoms with Gasteiger partial charge in [0.1, 0.15) is 5.25 Å². The molecular weight excluding hydrogens is 258 g/mol. The molecule has 0 radical (unpaired) electrons. The number of carbonyl (C=O) groups excluding carboxylic acids is 1. The van der Waals surface area contributed by atoms with Gasteiger partial charge in [-0.15, -0.1) is 11.8 Å². The van der Waals surface area contributed by atoms with Gasteiger partial charge in [-0.2, -0.15) is 0 Å². The van der Waals surface area contributed by atoms with Crippen LogP contribution in [0.2, 0.25) is 0 Å². The van der Waals surface area contributed by atoms with Gasteiger partial charge >= 0.3 is 5.97 Å². The van der Waals surface area contributed by atoms with Crippen molar-refractivity contribution in [1.29, 1.82) is 0 Å². The molecular formula is C15H21NO2S. The highest BCUT2D eigenvalue weighted by Gasteiger charge is 2.27. The van der Waals surface area contributed by atoms with Crippen molar-refractivity contribution < 1.29 is 9.53 Å². The molecule has 0 aliphatic carbocycles. The topological polar surface area (TPSA) is 38.3 Å². The van der Waals surface area contributed by atoms with Crippen LogP contribution in [0.4, 0.5) is 0 Å². The zero-order valence-electron chi connectivity index (χ0n) is 11.7. The molecule has 3 nitrogen and oxygen atoms in total. The SMILES string of the molecule is CC(C)(C)NCc1ccc(SC2CCOC2=O)cc1. The van der Waals surface area contributed by atoms with Crippen LogP contribution in [0.1, 0.15) is 32.8 Å². The number of rotatable bonds is 4. The highest BCUT2D eigenvalue weighted by molar-refractivity contribution is 8.00. The summed E-state index contributed by atoms with van der Waals surface area (Å²) >= 11 is 1.60. The lowest BCUT2D eigenvalue weighted by Gasteiger charge is -2.20. The van der Waals surface area contributed by atoms with Gasteiger partial charge in [0.2, 0.25) is 0 Å². The number of cyclic esters (lactones) is 1. The molecule has 1 N–H and O–H groups in total. The molecule has 2 rings (SSSR count). The molecule has 1 aromatic rings. The minimum absolute atomic E-state index is 0.0291. The summed E-state index contributed by atoms with van der Waals surface area (Å²) in [6.07, 6.45) is 0.816. The van der Waals surface area contributed by atoms with Crippen LogP contribution in [0.5, 0.6) is 0 Å². The lowest BCUT2D eigenvalue weighted by molar-refractivity contribution is -0.137. The molecule has 1 aliphatic rings. The number of nitrogens with one attached hydrogen (secondary N) is 1. The molecule has 0 spiro atoms. The Morgan fingerprint density at radius 3 is 2.53 bits per heavy atom. The fourth-order valence-electron chi connectivity index (χ4n) is 1.80. The van der Waals surface area contributed by atoms with Crippen LogP contribution >= 0.6 is 11.8 Å². The molecule has 1 heterocycles. The van der Waals surface area contributed by atoms with Gasteiger partial charge in [0.15, 0.2) is 0 Å². The zero-order valence-corrected chi connectivity index (χ0v) is 12.5. The Hall–Kier alpha value is -1.00. The first-order chi connectivity index (χ1) is 8.94. The van der Waals surface area contributed by atoms with Gasteiger partial charge in [-0.25, -0.2) is 0 Å². The second-order valence-corrected chi connectivity index (χ2v) is 7.09. The van der Waals surface area contributed by atoms with Crippen LogP contribution in [-0.2, 0) is 16.1 Å². The third-order valence-corrected chi connectivity index (χ3v) is 4.17. The quantitative estimate of drug-likeness (QED) is 0.860. The molecule has 0 amide bonds. The standard InChI is InChI=1S/C15H21NO2S/c1-15(2,3)16-10-11-4-6-12(7-5-11)19-13-8-9-18-14(13)17/h4-7,13,16H,8-10H2,1-3H3. The molecule has 1 aromatic carbocycles. The van der Waals surface area contributed by atoms with E-state index in [-0.39, 0.29) is 16.8 Å². The van der Waals surface area contributed by atoms with Crippen LogP contribution in [0.25, 0.3) is 0 Å². The third-order valence-electron chi connectivity index (χ3n) is 2.91. The van der Waals surface area contributed by atoms with E-state index in [0.717, 1.165) is 17.9 Å². The average Bonchev–Trinajstić information content (AvgIpc) is 2.73. The Morgan fingerprint density at radius 1 is 1.32 bits per heavy atom. The molecule has 4 heteroatoms. The van der Waals surface area contributed by atoms with Crippen molar-refractivity contribution >= 4 is 17.7 Å². The molecule has 1 aliphatic heterocycles. The summed E-state index contributed by atoms with van der Waals surface area (Å²) in [5.41, 5.74) is 1.38. The smallest absolute Gasteiger partial charge is 0.319 e. The fourth-order valence-corrected chi connectivity index (χ4v) is 2.80. The minimum Gasteiger partial charge on any atom is -0.465 e. The number of ether oxygens (including phenoxy) is 1. The van der Waals surface area contributed by atoms with Gasteiger partial charge in [0, 0.05) is 23.4 Å². The summed E-state index contributed by atoms with van der Waals surface area (Å²) in [4.78, 5) is 12.5. The number of carbonyl (C=O) groups is 1. The lowest BCUT2D eigenvalue weighted by Crippen LogP contribution is -2.35. The van der Waals surface area contributed by atoms with Crippen molar-refractivity contribution in [2.45, 2.75) is 49.4 Å². The zero-order chi connectivity index (χ0) is 13.9. The van der Waals surface area contributed by atoms with E-state index >= 15 is 0 Å². The first-order valence-electron chi connectivity index (χ1n) is 6.61. The second-order valence-electron chi connectivity index (χ2n) is 5.81. The number of hydrogen-bond donors (Lipinski definition) is 1. The van der Waals surface area contributed by atoms with Crippen molar-refractivity contribution in [2.24, 2.45) is 0 Å². The summed E-state index contributed by atoms with van der Waals surface area (Å²) in [7, 11) is 0. The lowest BCUT2D eigenvalue weighted by atomic mass is 10.1. The summed E-state index contributed by atoms with van der Waals surface area (Å²) in [6, 6.07) is 8.38. The number of esters is 1. The third kappa shape index (κ3) is 4.55. The van der Waals surface area contributed by atoms with Crippen LogP contribution in [0.15, 0.2) is 29.2 Å². The largest absolute Gasteiger partial charge is 0.465 e. The van der Waals surface area contributed by atoms with Crippen molar-refractivity contribution in [2.75, 3.05) is 6.61 Å². The maximum absolute atomic E-state index is 11.4. The van der Waals surface area contributed by atoms with Crippen molar-refractivity contribution in [3.05, 3.63) is 29.8 Å². The molecule has 19 heavy (non-hydrogen) atoms. The van der Waals surface area contributed by atoms with E-state index < -0.39 is 0 Å². The van der Waals surface area contributed by atoms with Gasteiger partial charge in [-0.05, 0) is 38.5 Å². The number of benzene rings is 1. The summed E-state index contributed by atoms with van der Waals surface area (Å²) in [6.45, 7) is 7.89. The second kappa shape index (κ2) is 5.97.